The van der Waals surface area contributed by atoms with Gasteiger partial charge in [-0.15, -0.1) is 0 Å². The lowest BCUT2D eigenvalue weighted by Gasteiger charge is -2.18. The second-order valence-corrected chi connectivity index (χ2v) is 7.10. The van der Waals surface area contributed by atoms with Gasteiger partial charge in [0.1, 0.15) is 6.33 Å². The summed E-state index contributed by atoms with van der Waals surface area (Å²) >= 11 is 11.7. The molecule has 0 bridgehead atoms. The first kappa shape index (κ1) is 21.1. The number of carbonyl (C=O) groups is 1. The van der Waals surface area contributed by atoms with Gasteiger partial charge in [-0.3, -0.25) is 4.79 Å². The van der Waals surface area contributed by atoms with Crippen LogP contribution in [0.1, 0.15) is 34.6 Å². The fraction of sp³-hybridized carbons (Fsp3) is 0.150. The number of Topliss-reactive ketones (excluding diaryl/α,β-unsaturated/α-hetero) is 1. The number of alkyl halides is 3. The number of halogens is 5. The maximum Gasteiger partial charge on any atom is 0.399 e. The molecule has 2 aromatic carbocycles. The summed E-state index contributed by atoms with van der Waals surface area (Å²) in [4.78, 5) is 15.5. The predicted octanol–water partition coefficient (Wildman–Crippen LogP) is 6.14. The van der Waals surface area contributed by atoms with Gasteiger partial charge in [-0.25, -0.2) is 9.67 Å². The summed E-state index contributed by atoms with van der Waals surface area (Å²) in [5, 5.41) is 4.26. The van der Waals surface area contributed by atoms with Crippen molar-refractivity contribution >= 4 is 35.1 Å². The molecule has 1 heterocycles. The van der Waals surface area contributed by atoms with Crippen molar-refractivity contribution in [2.45, 2.75) is 19.0 Å². The quantitative estimate of drug-likeness (QED) is 0.448. The monoisotopic (exact) mass is 439 g/mol. The molecule has 9 heteroatoms. The minimum absolute atomic E-state index is 0.0448. The zero-order valence-electron chi connectivity index (χ0n) is 15.0. The Hall–Kier alpha value is -2.64. The van der Waals surface area contributed by atoms with Gasteiger partial charge in [0.25, 0.3) is 0 Å². The van der Waals surface area contributed by atoms with Crippen LogP contribution in [0.3, 0.4) is 0 Å². The van der Waals surface area contributed by atoms with Crippen molar-refractivity contribution in [3.63, 3.8) is 0 Å². The van der Waals surface area contributed by atoms with Crippen LogP contribution in [-0.4, -0.2) is 26.7 Å². The van der Waals surface area contributed by atoms with E-state index >= 15 is 0 Å². The van der Waals surface area contributed by atoms with Crippen LogP contribution in [-0.2, 0) is 0 Å². The molecule has 4 nitrogen and oxygen atoms in total. The third-order valence-electron chi connectivity index (χ3n) is 4.08. The third kappa shape index (κ3) is 5.05. The van der Waals surface area contributed by atoms with Gasteiger partial charge in [0, 0.05) is 17.0 Å². The van der Waals surface area contributed by atoms with Crippen LogP contribution in [0.2, 0.25) is 10.0 Å². The van der Waals surface area contributed by atoms with Gasteiger partial charge in [-0.1, -0.05) is 47.5 Å². The number of benzene rings is 2. The molecule has 0 saturated heterocycles. The van der Waals surface area contributed by atoms with E-state index in [9.17, 15) is 18.0 Å². The number of carbonyl (C=O) groups excluding carboxylic acids is 1. The fourth-order valence-electron chi connectivity index (χ4n) is 2.77. The van der Waals surface area contributed by atoms with Crippen LogP contribution in [0.4, 0.5) is 13.2 Å². The van der Waals surface area contributed by atoms with Crippen LogP contribution in [0.25, 0.3) is 11.8 Å². The molecule has 0 saturated carbocycles. The van der Waals surface area contributed by atoms with Gasteiger partial charge in [0.05, 0.1) is 11.6 Å². The third-order valence-corrected chi connectivity index (χ3v) is 4.51. The van der Waals surface area contributed by atoms with Gasteiger partial charge in [-0.2, -0.15) is 18.3 Å². The van der Waals surface area contributed by atoms with Crippen molar-refractivity contribution in [3.05, 3.63) is 81.9 Å². The van der Waals surface area contributed by atoms with Crippen molar-refractivity contribution in [2.24, 2.45) is 0 Å². The van der Waals surface area contributed by atoms with E-state index < -0.39 is 12.1 Å². The van der Waals surface area contributed by atoms with E-state index in [-0.39, 0.29) is 27.2 Å². The van der Waals surface area contributed by atoms with E-state index in [1.807, 2.05) is 0 Å². The second-order valence-electron chi connectivity index (χ2n) is 6.22. The van der Waals surface area contributed by atoms with Crippen molar-refractivity contribution < 1.29 is 18.0 Å². The molecule has 0 aliphatic heterocycles. The second kappa shape index (κ2) is 8.39. The maximum absolute atomic E-state index is 13.6. The molecule has 0 spiro atoms. The zero-order valence-corrected chi connectivity index (χ0v) is 16.5. The highest BCUT2D eigenvalue weighted by Crippen LogP contribution is 2.38. The molecule has 29 heavy (non-hydrogen) atoms. The molecule has 3 aromatic rings. The van der Waals surface area contributed by atoms with Crippen molar-refractivity contribution in [1.82, 2.24) is 14.8 Å². The lowest BCUT2D eigenvalue weighted by Crippen LogP contribution is -2.18. The Bertz CT molecular complexity index is 1040. The first-order valence-electron chi connectivity index (χ1n) is 8.37. The van der Waals surface area contributed by atoms with E-state index in [0.29, 0.717) is 11.3 Å². The Labute approximate surface area is 174 Å². The van der Waals surface area contributed by atoms with E-state index in [4.69, 9.17) is 23.2 Å². The molecule has 1 unspecified atom stereocenters. The van der Waals surface area contributed by atoms with Gasteiger partial charge >= 0.3 is 6.18 Å². The number of rotatable bonds is 5. The van der Waals surface area contributed by atoms with E-state index in [0.717, 1.165) is 6.08 Å². The SMILES string of the molecule is CC(=O)c1ncnn1-c1ccc(C=CC(c2cc(Cl)cc(Cl)c2)C(F)(F)F)cc1. The summed E-state index contributed by atoms with van der Waals surface area (Å²) < 4.78 is 42.0. The average molecular weight is 440 g/mol. The van der Waals surface area contributed by atoms with Gasteiger partial charge in [-0.05, 0) is 41.5 Å². The number of hydrogen-bond acceptors (Lipinski definition) is 3. The van der Waals surface area contributed by atoms with Gasteiger partial charge < -0.3 is 0 Å². The first-order valence-corrected chi connectivity index (χ1v) is 9.13. The minimum atomic E-state index is -4.51. The predicted molar refractivity (Wildman–Crippen MR) is 106 cm³/mol. The number of allylic oxidation sites excluding steroid dienone is 1. The molecule has 1 aromatic heterocycles. The highest BCUT2D eigenvalue weighted by molar-refractivity contribution is 6.34. The normalized spacial score (nSPS) is 13.0. The van der Waals surface area contributed by atoms with Crippen LogP contribution in [0.5, 0.6) is 0 Å². The number of aromatic nitrogens is 3. The Morgan fingerprint density at radius 3 is 2.28 bits per heavy atom. The van der Waals surface area contributed by atoms with Crippen LogP contribution < -0.4 is 0 Å². The first-order chi connectivity index (χ1) is 13.6. The topological polar surface area (TPSA) is 47.8 Å². The fourth-order valence-corrected chi connectivity index (χ4v) is 3.31. The molecule has 1 atom stereocenters. The number of hydrogen-bond donors (Lipinski definition) is 0. The number of nitrogens with zero attached hydrogens (tertiary/aromatic N) is 3. The average Bonchev–Trinajstić information content (AvgIpc) is 3.10. The zero-order chi connectivity index (χ0) is 21.2. The largest absolute Gasteiger partial charge is 0.399 e. The smallest absolute Gasteiger partial charge is 0.291 e. The van der Waals surface area contributed by atoms with Crippen molar-refractivity contribution in [2.75, 3.05) is 0 Å². The molecular weight excluding hydrogens is 426 g/mol. The van der Waals surface area contributed by atoms with Crippen molar-refractivity contribution in [1.29, 1.82) is 0 Å². The standard InChI is InChI=1S/C20H14Cl2F3N3O/c1-12(29)19-26-11-27-28(19)17-5-2-13(3-6-17)4-7-18(20(23,24)25)14-8-15(21)10-16(22)9-14/h2-11,18H,1H3. The highest BCUT2D eigenvalue weighted by Gasteiger charge is 2.39. The Kier molecular flexibility index (Phi) is 6.10. The molecule has 0 fully saturated rings. The molecular formula is C20H14Cl2F3N3O. The summed E-state index contributed by atoms with van der Waals surface area (Å²) in [6.07, 6.45) is -0.840. The Balaban J connectivity index is 1.88. The molecule has 0 amide bonds. The van der Waals surface area contributed by atoms with E-state index in [1.54, 1.807) is 24.3 Å². The van der Waals surface area contributed by atoms with Crippen molar-refractivity contribution in [3.8, 4) is 5.69 Å². The molecule has 0 aliphatic rings. The molecule has 3 rings (SSSR count). The van der Waals surface area contributed by atoms with Gasteiger partial charge in [0.15, 0.2) is 11.6 Å². The lowest BCUT2D eigenvalue weighted by atomic mass is 9.97. The van der Waals surface area contributed by atoms with E-state index in [2.05, 4.69) is 10.1 Å². The summed E-state index contributed by atoms with van der Waals surface area (Å²) in [7, 11) is 0. The molecule has 0 N–H and O–H groups in total. The Morgan fingerprint density at radius 1 is 1.10 bits per heavy atom. The van der Waals surface area contributed by atoms with E-state index in [1.165, 1.54) is 42.2 Å². The van der Waals surface area contributed by atoms with Crippen LogP contribution >= 0.6 is 23.2 Å². The van der Waals surface area contributed by atoms with Gasteiger partial charge in [0.2, 0.25) is 0 Å². The summed E-state index contributed by atoms with van der Waals surface area (Å²) in [6.45, 7) is 1.37. The summed E-state index contributed by atoms with van der Waals surface area (Å²) in [6, 6.07) is 10.4. The number of ketones is 1. The molecule has 150 valence electrons. The van der Waals surface area contributed by atoms with Crippen LogP contribution in [0, 0.1) is 0 Å². The summed E-state index contributed by atoms with van der Waals surface area (Å²) in [5.74, 6) is -1.94. The van der Waals surface area contributed by atoms with Crippen LogP contribution in [0.15, 0.2) is 54.9 Å². The summed E-state index contributed by atoms with van der Waals surface area (Å²) in [5.41, 5.74) is 1.07. The lowest BCUT2D eigenvalue weighted by molar-refractivity contribution is -0.139. The Morgan fingerprint density at radius 2 is 1.72 bits per heavy atom. The highest BCUT2D eigenvalue weighted by atomic mass is 35.5. The molecule has 0 aliphatic carbocycles. The minimum Gasteiger partial charge on any atom is -0.291 e. The molecule has 0 radical (unpaired) electrons. The maximum atomic E-state index is 13.6.